The van der Waals surface area contributed by atoms with E-state index in [1.54, 1.807) is 0 Å². The molecule has 1 amide bonds. The number of nitrogens with zero attached hydrogens (tertiary/aromatic N) is 2. The van der Waals surface area contributed by atoms with Crippen molar-refractivity contribution in [2.24, 2.45) is 0 Å². The van der Waals surface area contributed by atoms with E-state index in [1.807, 2.05) is 13.0 Å². The van der Waals surface area contributed by atoms with Crippen LogP contribution < -0.4 is 5.43 Å². The Hall–Kier alpha value is -0.900. The number of hydrogen-bond acceptors (Lipinski definition) is 4. The summed E-state index contributed by atoms with van der Waals surface area (Å²) in [6.45, 7) is 2.72. The van der Waals surface area contributed by atoms with Crippen LogP contribution in [0.15, 0.2) is 10.6 Å². The summed E-state index contributed by atoms with van der Waals surface area (Å²) in [6.07, 6.45) is 2.42. The number of halogens is 1. The van der Waals surface area contributed by atoms with Gasteiger partial charge in [-0.15, -0.1) is 0 Å². The van der Waals surface area contributed by atoms with E-state index in [9.17, 15) is 4.79 Å². The minimum atomic E-state index is -0.498. The number of hydrogen-bond donors (Lipinski definition) is 1. The highest BCUT2D eigenvalue weighted by molar-refractivity contribution is 9.12. The molecule has 5 nitrogen and oxygen atoms in total. The molecule has 1 atom stereocenters. The van der Waals surface area contributed by atoms with Crippen LogP contribution in [0.25, 0.3) is 0 Å². The molecule has 0 aromatic carbocycles. The van der Waals surface area contributed by atoms with Crippen LogP contribution in [0.2, 0.25) is 0 Å². The molecule has 0 bridgehead atoms. The van der Waals surface area contributed by atoms with Gasteiger partial charge >= 0.3 is 0 Å². The van der Waals surface area contributed by atoms with Crippen molar-refractivity contribution in [2.75, 3.05) is 13.3 Å². The van der Waals surface area contributed by atoms with Crippen LogP contribution in [-0.4, -0.2) is 30.3 Å². The Morgan fingerprint density at radius 3 is 3.13 bits per heavy atom. The smallest absolute Gasteiger partial charge is 0.276 e. The number of nitrogens with one attached hydrogen (secondary N) is 1. The molecule has 0 radical (unpaired) electrons. The minimum absolute atomic E-state index is 0.147. The van der Waals surface area contributed by atoms with Crippen LogP contribution in [0.5, 0.6) is 0 Å². The maximum Gasteiger partial charge on any atom is 0.276 e. The molecule has 0 spiro atoms. The predicted octanol–water partition coefficient (Wildman–Crippen LogP) is 0.888. The summed E-state index contributed by atoms with van der Waals surface area (Å²) < 4.78 is 5.60. The highest BCUT2D eigenvalue weighted by Gasteiger charge is 2.25. The lowest BCUT2D eigenvalue weighted by atomic mass is 10.2. The number of carbonyl (C=O) groups excluding carboxylic acids is 1. The fourth-order valence-corrected chi connectivity index (χ4v) is 1.55. The Morgan fingerprint density at radius 2 is 2.53 bits per heavy atom. The van der Waals surface area contributed by atoms with Gasteiger partial charge in [-0.1, -0.05) is 6.92 Å². The van der Waals surface area contributed by atoms with Gasteiger partial charge in [0, 0.05) is 6.61 Å². The number of nitriles is 1. The molecule has 1 unspecified atom stereocenters. The summed E-state index contributed by atoms with van der Waals surface area (Å²) in [7, 11) is 0. The highest BCUT2D eigenvalue weighted by atomic mass is 79.9. The van der Waals surface area contributed by atoms with Crippen molar-refractivity contribution in [2.45, 2.75) is 19.4 Å². The van der Waals surface area contributed by atoms with E-state index in [4.69, 9.17) is 10.00 Å². The first kappa shape index (κ1) is 12.2. The van der Waals surface area contributed by atoms with Crippen molar-refractivity contribution in [3.63, 3.8) is 0 Å². The van der Waals surface area contributed by atoms with E-state index >= 15 is 0 Å². The van der Waals surface area contributed by atoms with E-state index in [1.165, 1.54) is 11.1 Å². The van der Waals surface area contributed by atoms with E-state index in [-0.39, 0.29) is 12.6 Å². The first-order valence-electron chi connectivity index (χ1n) is 4.61. The van der Waals surface area contributed by atoms with Gasteiger partial charge in [0.05, 0.1) is 10.6 Å². The second kappa shape index (κ2) is 5.85. The van der Waals surface area contributed by atoms with Crippen molar-refractivity contribution < 1.29 is 9.53 Å². The van der Waals surface area contributed by atoms with Gasteiger partial charge in [-0.3, -0.25) is 4.79 Å². The average Bonchev–Trinajstić information content (AvgIpc) is 2.24. The Morgan fingerprint density at radius 1 is 1.80 bits per heavy atom. The summed E-state index contributed by atoms with van der Waals surface area (Å²) in [5, 5.41) is 10.0. The zero-order valence-electron chi connectivity index (χ0n) is 8.36. The van der Waals surface area contributed by atoms with Crippen LogP contribution in [0.3, 0.4) is 0 Å². The molecule has 0 saturated heterocycles. The normalized spacial score (nSPS) is 21.1. The van der Waals surface area contributed by atoms with Crippen LogP contribution in [0.4, 0.5) is 0 Å². The molecule has 15 heavy (non-hydrogen) atoms. The van der Waals surface area contributed by atoms with Gasteiger partial charge in [0.1, 0.15) is 12.8 Å². The zero-order valence-corrected chi connectivity index (χ0v) is 9.95. The lowest BCUT2D eigenvalue weighted by Gasteiger charge is -2.28. The van der Waals surface area contributed by atoms with Gasteiger partial charge in [0.25, 0.3) is 5.91 Å². The molecule has 0 aliphatic carbocycles. The van der Waals surface area contributed by atoms with Crippen molar-refractivity contribution in [1.29, 1.82) is 5.26 Å². The average molecular weight is 274 g/mol. The second-order valence-electron chi connectivity index (χ2n) is 3.02. The van der Waals surface area contributed by atoms with Crippen molar-refractivity contribution in [3.05, 3.63) is 10.6 Å². The number of carbonyl (C=O) groups is 1. The predicted molar refractivity (Wildman–Crippen MR) is 57.5 cm³/mol. The molecule has 1 rings (SSSR count). The molecule has 0 aromatic heterocycles. The fraction of sp³-hybridized carbons (Fsp3) is 0.556. The zero-order chi connectivity index (χ0) is 11.3. The van der Waals surface area contributed by atoms with E-state index in [2.05, 4.69) is 21.4 Å². The van der Waals surface area contributed by atoms with Gasteiger partial charge in [0.15, 0.2) is 0 Å². The van der Waals surface area contributed by atoms with Gasteiger partial charge in [-0.2, -0.15) is 5.26 Å². The number of rotatable bonds is 4. The lowest BCUT2D eigenvalue weighted by Crippen LogP contribution is -2.51. The first-order chi connectivity index (χ1) is 7.19. The molecule has 6 heteroatoms. The maximum absolute atomic E-state index is 11.5. The maximum atomic E-state index is 11.5. The Balaban J connectivity index is 2.56. The van der Waals surface area contributed by atoms with Crippen LogP contribution in [-0.2, 0) is 9.53 Å². The van der Waals surface area contributed by atoms with Gasteiger partial charge in [-0.25, -0.2) is 10.4 Å². The first-order valence-corrected chi connectivity index (χ1v) is 5.41. The van der Waals surface area contributed by atoms with Crippen molar-refractivity contribution >= 4 is 21.8 Å². The lowest BCUT2D eigenvalue weighted by molar-refractivity contribution is -0.137. The highest BCUT2D eigenvalue weighted by Crippen LogP contribution is 2.14. The summed E-state index contributed by atoms with van der Waals surface area (Å²) in [4.78, 5) is 11.5. The molecule has 1 aliphatic heterocycles. The van der Waals surface area contributed by atoms with Gasteiger partial charge in [0.2, 0.25) is 0 Å². The van der Waals surface area contributed by atoms with E-state index in [0.29, 0.717) is 11.1 Å². The number of amides is 1. The summed E-state index contributed by atoms with van der Waals surface area (Å²) >= 11 is 3.11. The van der Waals surface area contributed by atoms with Crippen molar-refractivity contribution in [3.8, 4) is 6.07 Å². The standard InChI is InChI=1S/C9H12BrN3O2/c1-2-3-15-6-13-9(14)8(10)4-7(5-11)12-13/h4,7,12H,2-3,6H2,1H3. The Kier molecular flexibility index (Phi) is 4.75. The molecular weight excluding hydrogens is 262 g/mol. The van der Waals surface area contributed by atoms with Gasteiger partial charge < -0.3 is 4.74 Å². The van der Waals surface area contributed by atoms with Gasteiger partial charge in [-0.05, 0) is 28.4 Å². The molecular formula is C9H12BrN3O2. The van der Waals surface area contributed by atoms with Crippen LogP contribution in [0, 0.1) is 11.3 Å². The molecule has 0 aromatic rings. The SMILES string of the molecule is CCCOCN1NC(C#N)C=C(Br)C1=O. The van der Waals surface area contributed by atoms with Crippen LogP contribution in [0.1, 0.15) is 13.3 Å². The Bertz CT molecular complexity index is 311. The largest absolute Gasteiger partial charge is 0.360 e. The molecule has 0 saturated carbocycles. The third-order valence-corrected chi connectivity index (χ3v) is 2.37. The molecule has 0 fully saturated rings. The van der Waals surface area contributed by atoms with Crippen molar-refractivity contribution in [1.82, 2.24) is 10.4 Å². The topological polar surface area (TPSA) is 65.4 Å². The summed E-state index contributed by atoms with van der Waals surface area (Å²) in [6, 6.07) is 1.51. The van der Waals surface area contributed by atoms with E-state index < -0.39 is 6.04 Å². The third kappa shape index (κ3) is 3.30. The summed E-state index contributed by atoms with van der Waals surface area (Å²) in [5.41, 5.74) is 2.73. The summed E-state index contributed by atoms with van der Waals surface area (Å²) in [5.74, 6) is -0.224. The fourth-order valence-electron chi connectivity index (χ4n) is 1.07. The third-order valence-electron chi connectivity index (χ3n) is 1.77. The quantitative estimate of drug-likeness (QED) is 0.773. The number of hydrazine groups is 1. The molecule has 82 valence electrons. The Labute approximate surface area is 96.8 Å². The minimum Gasteiger partial charge on any atom is -0.360 e. The van der Waals surface area contributed by atoms with Crippen LogP contribution >= 0.6 is 15.9 Å². The monoisotopic (exact) mass is 273 g/mol. The number of ether oxygens (including phenoxy) is 1. The molecule has 1 aliphatic rings. The van der Waals surface area contributed by atoms with E-state index in [0.717, 1.165) is 6.42 Å². The molecule has 1 N–H and O–H groups in total. The molecule has 1 heterocycles. The second-order valence-corrected chi connectivity index (χ2v) is 3.88.